The second kappa shape index (κ2) is 6.52. The molecule has 2 saturated heterocycles. The standard InChI is InChI=1S/C16H23N5O2/c1-3-17-16(23)21-12-4-5-13(21)7-11(6-12)20-15(22)14-9-18-10(2)8-19-14/h8-9,11-13H,3-7H2,1-2H3,(H,17,23)(H,20,22)/t11?,12-,13+. The van der Waals surface area contributed by atoms with Gasteiger partial charge in [0.15, 0.2) is 0 Å². The molecule has 124 valence electrons. The van der Waals surface area contributed by atoms with Crippen LogP contribution in [-0.2, 0) is 0 Å². The van der Waals surface area contributed by atoms with E-state index in [1.54, 1.807) is 6.20 Å². The predicted octanol–water partition coefficient (Wildman–Crippen LogP) is 1.24. The Labute approximate surface area is 135 Å². The van der Waals surface area contributed by atoms with E-state index < -0.39 is 0 Å². The summed E-state index contributed by atoms with van der Waals surface area (Å²) in [5.41, 5.74) is 1.13. The van der Waals surface area contributed by atoms with E-state index in [4.69, 9.17) is 0 Å². The zero-order chi connectivity index (χ0) is 16.4. The number of aromatic nitrogens is 2. The Morgan fingerprint density at radius 1 is 1.22 bits per heavy atom. The molecule has 1 unspecified atom stereocenters. The highest BCUT2D eigenvalue weighted by atomic mass is 16.2. The first kappa shape index (κ1) is 15.7. The highest BCUT2D eigenvalue weighted by molar-refractivity contribution is 5.92. The molecule has 3 heterocycles. The normalized spacial score (nSPS) is 26.0. The Morgan fingerprint density at radius 3 is 2.48 bits per heavy atom. The quantitative estimate of drug-likeness (QED) is 0.878. The highest BCUT2D eigenvalue weighted by Crippen LogP contribution is 2.35. The SMILES string of the molecule is CCNC(=O)N1[C@@H]2CC[C@H]1CC(NC(=O)c1cnc(C)cn1)C2. The molecule has 1 aromatic rings. The van der Waals surface area contributed by atoms with Crippen molar-refractivity contribution in [3.05, 3.63) is 23.8 Å². The lowest BCUT2D eigenvalue weighted by Gasteiger charge is -2.39. The summed E-state index contributed by atoms with van der Waals surface area (Å²) in [4.78, 5) is 34.6. The first-order valence-electron chi connectivity index (χ1n) is 8.24. The molecule has 1 aromatic heterocycles. The Bertz CT molecular complexity index is 575. The van der Waals surface area contributed by atoms with Gasteiger partial charge in [-0.05, 0) is 39.5 Å². The minimum atomic E-state index is -0.187. The maximum Gasteiger partial charge on any atom is 0.317 e. The fourth-order valence-electron chi connectivity index (χ4n) is 3.64. The second-order valence-corrected chi connectivity index (χ2v) is 6.31. The van der Waals surface area contributed by atoms with Gasteiger partial charge < -0.3 is 15.5 Å². The van der Waals surface area contributed by atoms with E-state index in [0.29, 0.717) is 12.2 Å². The minimum Gasteiger partial charge on any atom is -0.348 e. The molecule has 0 aliphatic carbocycles. The number of nitrogens with one attached hydrogen (secondary N) is 2. The van der Waals surface area contributed by atoms with Crippen LogP contribution in [0.1, 0.15) is 48.8 Å². The number of amides is 3. The van der Waals surface area contributed by atoms with Gasteiger partial charge in [-0.25, -0.2) is 9.78 Å². The van der Waals surface area contributed by atoms with Gasteiger partial charge in [0.1, 0.15) is 5.69 Å². The number of rotatable bonds is 3. The molecule has 3 atom stereocenters. The van der Waals surface area contributed by atoms with E-state index >= 15 is 0 Å². The van der Waals surface area contributed by atoms with Gasteiger partial charge in [0.05, 0.1) is 11.9 Å². The second-order valence-electron chi connectivity index (χ2n) is 6.31. The molecule has 2 N–H and O–H groups in total. The summed E-state index contributed by atoms with van der Waals surface area (Å²) in [6.07, 6.45) is 6.73. The Balaban J connectivity index is 1.61. The van der Waals surface area contributed by atoms with Gasteiger partial charge in [-0.3, -0.25) is 9.78 Å². The number of nitrogens with zero attached hydrogens (tertiary/aromatic N) is 3. The summed E-state index contributed by atoms with van der Waals surface area (Å²) >= 11 is 0. The van der Waals surface area contributed by atoms with E-state index in [-0.39, 0.29) is 30.1 Å². The average Bonchev–Trinajstić information content (AvgIpc) is 2.79. The van der Waals surface area contributed by atoms with Crippen LogP contribution in [0.15, 0.2) is 12.4 Å². The molecular weight excluding hydrogens is 294 g/mol. The Kier molecular flexibility index (Phi) is 4.45. The van der Waals surface area contributed by atoms with Crippen molar-refractivity contribution < 1.29 is 9.59 Å². The lowest BCUT2D eigenvalue weighted by Crippen LogP contribution is -2.55. The number of hydrogen-bond acceptors (Lipinski definition) is 4. The molecule has 2 aliphatic heterocycles. The van der Waals surface area contributed by atoms with Gasteiger partial charge in [-0.1, -0.05) is 0 Å². The summed E-state index contributed by atoms with van der Waals surface area (Å²) in [6, 6.07) is 0.548. The molecule has 7 nitrogen and oxygen atoms in total. The van der Waals surface area contributed by atoms with Gasteiger partial charge in [0, 0.05) is 30.9 Å². The summed E-state index contributed by atoms with van der Waals surface area (Å²) in [5, 5.41) is 5.93. The van der Waals surface area contributed by atoms with E-state index in [9.17, 15) is 9.59 Å². The van der Waals surface area contributed by atoms with Crippen molar-refractivity contribution in [1.82, 2.24) is 25.5 Å². The fraction of sp³-hybridized carbons (Fsp3) is 0.625. The number of fused-ring (bicyclic) bond motifs is 2. The fourth-order valence-corrected chi connectivity index (χ4v) is 3.64. The predicted molar refractivity (Wildman–Crippen MR) is 85.0 cm³/mol. The number of aryl methyl sites for hydroxylation is 1. The van der Waals surface area contributed by atoms with Gasteiger partial charge in [0.25, 0.3) is 5.91 Å². The smallest absolute Gasteiger partial charge is 0.317 e. The number of carbonyl (C=O) groups excluding carboxylic acids is 2. The summed E-state index contributed by atoms with van der Waals surface area (Å²) < 4.78 is 0. The largest absolute Gasteiger partial charge is 0.348 e. The van der Waals surface area contributed by atoms with Crippen molar-refractivity contribution in [3.8, 4) is 0 Å². The Morgan fingerprint density at radius 2 is 1.91 bits per heavy atom. The minimum absolute atomic E-state index is 0.0224. The van der Waals surface area contributed by atoms with Crippen LogP contribution in [0.4, 0.5) is 4.79 Å². The maximum atomic E-state index is 12.3. The van der Waals surface area contributed by atoms with Crippen molar-refractivity contribution in [3.63, 3.8) is 0 Å². The summed E-state index contributed by atoms with van der Waals surface area (Å²) in [6.45, 7) is 4.40. The number of hydrogen-bond donors (Lipinski definition) is 2. The number of piperidine rings is 1. The molecule has 2 bridgehead atoms. The number of urea groups is 1. The third-order valence-electron chi connectivity index (χ3n) is 4.64. The number of carbonyl (C=O) groups is 2. The van der Waals surface area contributed by atoms with E-state index in [1.165, 1.54) is 6.20 Å². The lowest BCUT2D eigenvalue weighted by atomic mass is 9.97. The molecule has 0 aromatic carbocycles. The van der Waals surface area contributed by atoms with E-state index in [1.807, 2.05) is 18.7 Å². The molecular formula is C16H23N5O2. The van der Waals surface area contributed by atoms with Crippen LogP contribution in [0.5, 0.6) is 0 Å². The van der Waals surface area contributed by atoms with Crippen LogP contribution in [0, 0.1) is 6.92 Å². The maximum absolute atomic E-state index is 12.3. The van der Waals surface area contributed by atoms with Crippen molar-refractivity contribution in [2.24, 2.45) is 0 Å². The summed E-state index contributed by atoms with van der Waals surface area (Å²) in [7, 11) is 0. The third-order valence-corrected chi connectivity index (χ3v) is 4.64. The molecule has 0 spiro atoms. The zero-order valence-corrected chi connectivity index (χ0v) is 13.6. The van der Waals surface area contributed by atoms with E-state index in [0.717, 1.165) is 31.4 Å². The monoisotopic (exact) mass is 317 g/mol. The van der Waals surface area contributed by atoms with Crippen LogP contribution >= 0.6 is 0 Å². The molecule has 2 fully saturated rings. The molecule has 2 aliphatic rings. The lowest BCUT2D eigenvalue weighted by molar-refractivity contribution is 0.0880. The first-order valence-corrected chi connectivity index (χ1v) is 8.24. The summed E-state index contributed by atoms with van der Waals surface area (Å²) in [5.74, 6) is -0.187. The van der Waals surface area contributed by atoms with Crippen LogP contribution in [0.2, 0.25) is 0 Å². The van der Waals surface area contributed by atoms with Crippen LogP contribution in [0.25, 0.3) is 0 Å². The highest BCUT2D eigenvalue weighted by Gasteiger charge is 2.43. The van der Waals surface area contributed by atoms with E-state index in [2.05, 4.69) is 20.6 Å². The van der Waals surface area contributed by atoms with Crippen molar-refractivity contribution in [2.45, 2.75) is 57.7 Å². The average molecular weight is 317 g/mol. The molecule has 0 radical (unpaired) electrons. The first-order chi connectivity index (χ1) is 11.1. The zero-order valence-electron chi connectivity index (χ0n) is 13.6. The van der Waals surface area contributed by atoms with Crippen LogP contribution < -0.4 is 10.6 Å². The van der Waals surface area contributed by atoms with Gasteiger partial charge in [0.2, 0.25) is 0 Å². The molecule has 23 heavy (non-hydrogen) atoms. The van der Waals surface area contributed by atoms with Crippen molar-refractivity contribution >= 4 is 11.9 Å². The molecule has 0 saturated carbocycles. The van der Waals surface area contributed by atoms with Crippen LogP contribution in [0.3, 0.4) is 0 Å². The Hall–Kier alpha value is -2.18. The van der Waals surface area contributed by atoms with Crippen LogP contribution in [-0.4, -0.2) is 51.5 Å². The molecule has 3 amide bonds. The van der Waals surface area contributed by atoms with Crippen molar-refractivity contribution in [2.75, 3.05) is 6.54 Å². The molecule has 7 heteroatoms. The van der Waals surface area contributed by atoms with Gasteiger partial charge in [-0.15, -0.1) is 0 Å². The van der Waals surface area contributed by atoms with Crippen molar-refractivity contribution in [1.29, 1.82) is 0 Å². The topological polar surface area (TPSA) is 87.2 Å². The molecule has 3 rings (SSSR count). The third kappa shape index (κ3) is 3.28. The van der Waals surface area contributed by atoms with Gasteiger partial charge in [-0.2, -0.15) is 0 Å². The van der Waals surface area contributed by atoms with Gasteiger partial charge >= 0.3 is 6.03 Å².